The van der Waals surface area contributed by atoms with Crippen molar-refractivity contribution in [2.45, 2.75) is 20.3 Å². The Morgan fingerprint density at radius 1 is 1.29 bits per heavy atom. The molecule has 1 aromatic carbocycles. The standard InChI is InChI=1S/C11H12O3/c1-7(12)5-9-3-4-11(14)10(6-9)8(2)13/h3-4,6,14H,5H2,1-2H3. The fraction of sp³-hybridized carbons (Fsp3) is 0.273. The van der Waals surface area contributed by atoms with E-state index in [1.807, 2.05) is 0 Å². The number of benzene rings is 1. The average molecular weight is 192 g/mol. The molecule has 0 aromatic heterocycles. The first-order valence-corrected chi connectivity index (χ1v) is 4.33. The second kappa shape index (κ2) is 4.05. The van der Waals surface area contributed by atoms with Crippen LogP contribution in [-0.4, -0.2) is 16.7 Å². The van der Waals surface area contributed by atoms with Gasteiger partial charge in [0.2, 0.25) is 0 Å². The summed E-state index contributed by atoms with van der Waals surface area (Å²) in [6, 6.07) is 4.64. The van der Waals surface area contributed by atoms with Crippen LogP contribution in [0.15, 0.2) is 18.2 Å². The van der Waals surface area contributed by atoms with Crippen LogP contribution in [0.5, 0.6) is 5.75 Å². The molecular weight excluding hydrogens is 180 g/mol. The molecule has 0 saturated carbocycles. The summed E-state index contributed by atoms with van der Waals surface area (Å²) in [5.74, 6) is -0.206. The molecule has 0 fully saturated rings. The minimum Gasteiger partial charge on any atom is -0.507 e. The molecule has 0 aliphatic carbocycles. The molecule has 1 N–H and O–H groups in total. The number of aromatic hydroxyl groups is 1. The van der Waals surface area contributed by atoms with Crippen molar-refractivity contribution >= 4 is 11.6 Å². The first-order valence-electron chi connectivity index (χ1n) is 4.33. The van der Waals surface area contributed by atoms with E-state index in [-0.39, 0.29) is 22.9 Å². The largest absolute Gasteiger partial charge is 0.507 e. The van der Waals surface area contributed by atoms with Crippen LogP contribution >= 0.6 is 0 Å². The molecule has 3 heteroatoms. The van der Waals surface area contributed by atoms with Gasteiger partial charge < -0.3 is 5.11 Å². The highest BCUT2D eigenvalue weighted by Gasteiger charge is 2.07. The molecule has 0 atom stereocenters. The molecule has 0 spiro atoms. The number of phenols is 1. The third kappa shape index (κ3) is 2.42. The normalized spacial score (nSPS) is 9.86. The van der Waals surface area contributed by atoms with Crippen molar-refractivity contribution in [3.05, 3.63) is 29.3 Å². The molecule has 0 radical (unpaired) electrons. The number of Topliss-reactive ketones (excluding diaryl/α,β-unsaturated/α-hetero) is 2. The average Bonchev–Trinajstić information content (AvgIpc) is 2.07. The van der Waals surface area contributed by atoms with Crippen LogP contribution in [0.1, 0.15) is 29.8 Å². The number of hydrogen-bond acceptors (Lipinski definition) is 3. The van der Waals surface area contributed by atoms with Crippen molar-refractivity contribution in [2.75, 3.05) is 0 Å². The smallest absolute Gasteiger partial charge is 0.163 e. The zero-order valence-electron chi connectivity index (χ0n) is 8.20. The summed E-state index contributed by atoms with van der Waals surface area (Å²) >= 11 is 0. The fourth-order valence-electron chi connectivity index (χ4n) is 1.26. The number of rotatable bonds is 3. The molecule has 14 heavy (non-hydrogen) atoms. The highest BCUT2D eigenvalue weighted by molar-refractivity contribution is 5.97. The number of ketones is 2. The summed E-state index contributed by atoms with van der Waals surface area (Å²) in [7, 11) is 0. The van der Waals surface area contributed by atoms with Gasteiger partial charge in [-0.25, -0.2) is 0 Å². The lowest BCUT2D eigenvalue weighted by Crippen LogP contribution is -1.99. The third-order valence-corrected chi connectivity index (χ3v) is 1.89. The second-order valence-electron chi connectivity index (χ2n) is 3.29. The maximum absolute atomic E-state index is 11.1. The molecule has 0 heterocycles. The summed E-state index contributed by atoms with van der Waals surface area (Å²) in [6.07, 6.45) is 0.292. The Hall–Kier alpha value is -1.64. The lowest BCUT2D eigenvalue weighted by molar-refractivity contribution is -0.116. The van der Waals surface area contributed by atoms with Crippen molar-refractivity contribution < 1.29 is 14.7 Å². The molecule has 0 saturated heterocycles. The number of carbonyl (C=O) groups excluding carboxylic acids is 2. The second-order valence-corrected chi connectivity index (χ2v) is 3.29. The van der Waals surface area contributed by atoms with E-state index in [0.29, 0.717) is 6.42 Å². The molecule has 3 nitrogen and oxygen atoms in total. The minimum atomic E-state index is -0.201. The van der Waals surface area contributed by atoms with Crippen LogP contribution in [0.25, 0.3) is 0 Å². The van der Waals surface area contributed by atoms with Gasteiger partial charge in [0.05, 0.1) is 5.56 Å². The van der Waals surface area contributed by atoms with Gasteiger partial charge in [0, 0.05) is 6.42 Å². The quantitative estimate of drug-likeness (QED) is 0.742. The van der Waals surface area contributed by atoms with Gasteiger partial charge in [-0.3, -0.25) is 9.59 Å². The predicted octanol–water partition coefficient (Wildman–Crippen LogP) is 1.73. The van der Waals surface area contributed by atoms with Crippen LogP contribution in [0, 0.1) is 0 Å². The Kier molecular flexibility index (Phi) is 3.02. The van der Waals surface area contributed by atoms with Gasteiger partial charge in [-0.1, -0.05) is 6.07 Å². The predicted molar refractivity (Wildman–Crippen MR) is 52.5 cm³/mol. The number of phenolic OH excluding ortho intramolecular Hbond substituents is 1. The van der Waals surface area contributed by atoms with Crippen LogP contribution < -0.4 is 0 Å². The fourth-order valence-corrected chi connectivity index (χ4v) is 1.26. The van der Waals surface area contributed by atoms with Crippen LogP contribution in [0.3, 0.4) is 0 Å². The molecule has 0 aliphatic heterocycles. The molecular formula is C11H12O3. The Bertz CT molecular complexity index is 380. The van der Waals surface area contributed by atoms with Gasteiger partial charge in [0.25, 0.3) is 0 Å². The molecule has 74 valence electrons. The van der Waals surface area contributed by atoms with E-state index >= 15 is 0 Å². The topological polar surface area (TPSA) is 54.4 Å². The Morgan fingerprint density at radius 2 is 1.93 bits per heavy atom. The number of hydrogen-bond donors (Lipinski definition) is 1. The summed E-state index contributed by atoms with van der Waals surface area (Å²) < 4.78 is 0. The van der Waals surface area contributed by atoms with Crippen molar-refractivity contribution in [3.63, 3.8) is 0 Å². The van der Waals surface area contributed by atoms with E-state index in [0.717, 1.165) is 5.56 Å². The van der Waals surface area contributed by atoms with E-state index in [1.165, 1.54) is 19.9 Å². The van der Waals surface area contributed by atoms with Crippen molar-refractivity contribution in [1.82, 2.24) is 0 Å². The number of carbonyl (C=O) groups is 2. The first kappa shape index (κ1) is 10.4. The highest BCUT2D eigenvalue weighted by Crippen LogP contribution is 2.19. The van der Waals surface area contributed by atoms with Crippen molar-refractivity contribution in [3.8, 4) is 5.75 Å². The zero-order chi connectivity index (χ0) is 10.7. The van der Waals surface area contributed by atoms with E-state index in [4.69, 9.17) is 0 Å². The Morgan fingerprint density at radius 3 is 2.43 bits per heavy atom. The lowest BCUT2D eigenvalue weighted by Gasteiger charge is -2.03. The van der Waals surface area contributed by atoms with Crippen LogP contribution in [0.2, 0.25) is 0 Å². The van der Waals surface area contributed by atoms with E-state index < -0.39 is 0 Å². The lowest BCUT2D eigenvalue weighted by atomic mass is 10.0. The van der Waals surface area contributed by atoms with E-state index in [9.17, 15) is 14.7 Å². The molecule has 0 unspecified atom stereocenters. The van der Waals surface area contributed by atoms with Crippen LogP contribution in [-0.2, 0) is 11.2 Å². The van der Waals surface area contributed by atoms with Gasteiger partial charge >= 0.3 is 0 Å². The van der Waals surface area contributed by atoms with Gasteiger partial charge in [0.15, 0.2) is 5.78 Å². The summed E-state index contributed by atoms with van der Waals surface area (Å²) in [4.78, 5) is 21.9. The monoisotopic (exact) mass is 192 g/mol. The van der Waals surface area contributed by atoms with Gasteiger partial charge in [0.1, 0.15) is 11.5 Å². The Labute approximate surface area is 82.4 Å². The van der Waals surface area contributed by atoms with E-state index in [2.05, 4.69) is 0 Å². The molecule has 1 aromatic rings. The van der Waals surface area contributed by atoms with Gasteiger partial charge in [-0.15, -0.1) is 0 Å². The zero-order valence-corrected chi connectivity index (χ0v) is 8.20. The molecule has 0 aliphatic rings. The maximum atomic E-state index is 11.1. The highest BCUT2D eigenvalue weighted by atomic mass is 16.3. The summed E-state index contributed by atoms with van der Waals surface area (Å²) in [5.41, 5.74) is 1.02. The minimum absolute atomic E-state index is 0.0326. The van der Waals surface area contributed by atoms with Crippen molar-refractivity contribution in [1.29, 1.82) is 0 Å². The molecule has 0 amide bonds. The molecule has 0 bridgehead atoms. The summed E-state index contributed by atoms with van der Waals surface area (Å²) in [5, 5.41) is 9.33. The van der Waals surface area contributed by atoms with Crippen molar-refractivity contribution in [2.24, 2.45) is 0 Å². The Balaban J connectivity index is 3.06. The van der Waals surface area contributed by atoms with E-state index in [1.54, 1.807) is 12.1 Å². The SMILES string of the molecule is CC(=O)Cc1ccc(O)c(C(C)=O)c1. The third-order valence-electron chi connectivity index (χ3n) is 1.89. The summed E-state index contributed by atoms with van der Waals surface area (Å²) in [6.45, 7) is 2.87. The van der Waals surface area contributed by atoms with Crippen LogP contribution in [0.4, 0.5) is 0 Å². The van der Waals surface area contributed by atoms with Gasteiger partial charge in [-0.05, 0) is 31.5 Å². The molecule has 1 rings (SSSR count). The maximum Gasteiger partial charge on any atom is 0.163 e. The first-order chi connectivity index (χ1) is 6.50. The van der Waals surface area contributed by atoms with Gasteiger partial charge in [-0.2, -0.15) is 0 Å².